The third-order valence-corrected chi connectivity index (χ3v) is 8.44. The molecule has 33 heavy (non-hydrogen) atoms. The maximum absolute atomic E-state index is 13.6. The van der Waals surface area contributed by atoms with Gasteiger partial charge >= 0.3 is 0 Å². The Hall–Kier alpha value is -2.49. The van der Waals surface area contributed by atoms with Gasteiger partial charge in [0.25, 0.3) is 0 Å². The second kappa shape index (κ2) is 9.40. The average Bonchev–Trinajstić information content (AvgIpc) is 3.66. The van der Waals surface area contributed by atoms with Crippen LogP contribution < -0.4 is 4.74 Å². The normalized spacial score (nSPS) is 23.5. The predicted octanol–water partition coefficient (Wildman–Crippen LogP) is 2.39. The lowest BCUT2D eigenvalue weighted by Crippen LogP contribution is -2.50. The lowest BCUT2D eigenvalue weighted by molar-refractivity contribution is -0.132. The summed E-state index contributed by atoms with van der Waals surface area (Å²) in [4.78, 5) is 18.5. The molecule has 0 bridgehead atoms. The highest BCUT2D eigenvalue weighted by atomic mass is 32.2. The number of aliphatic hydroxyl groups excluding tert-OH is 1. The van der Waals surface area contributed by atoms with Crippen LogP contribution in [0.4, 0.5) is 0 Å². The maximum atomic E-state index is 13.6. The molecule has 2 heterocycles. The maximum Gasteiger partial charge on any atom is 0.247 e. The van der Waals surface area contributed by atoms with Gasteiger partial charge in [-0.25, -0.2) is 8.42 Å². The predicted molar refractivity (Wildman–Crippen MR) is 124 cm³/mol. The van der Waals surface area contributed by atoms with E-state index in [0.717, 1.165) is 24.0 Å². The number of hydrogen-bond acceptors (Lipinski definition) is 6. The fourth-order valence-electron chi connectivity index (χ4n) is 4.16. The van der Waals surface area contributed by atoms with Gasteiger partial charge in [0.2, 0.25) is 15.9 Å². The van der Waals surface area contributed by atoms with Gasteiger partial charge in [0, 0.05) is 49.4 Å². The molecule has 1 N–H and O–H groups in total. The van der Waals surface area contributed by atoms with Gasteiger partial charge in [0.15, 0.2) is 0 Å². The van der Waals surface area contributed by atoms with E-state index >= 15 is 0 Å². The Bertz CT molecular complexity index is 1100. The van der Waals surface area contributed by atoms with Crippen LogP contribution in [-0.4, -0.2) is 72.5 Å². The minimum atomic E-state index is -3.91. The van der Waals surface area contributed by atoms with Crippen LogP contribution in [0.15, 0.2) is 47.6 Å². The largest absolute Gasteiger partial charge is 0.487 e. The summed E-state index contributed by atoms with van der Waals surface area (Å²) in [5.74, 6) is 0.230. The molecule has 9 heteroatoms. The number of ether oxygens (including phenoxy) is 1. The number of likely N-dealkylation sites (N-methyl/N-ethyl adjacent to an activating group) is 1. The molecule has 0 spiro atoms. The van der Waals surface area contributed by atoms with Crippen molar-refractivity contribution >= 4 is 15.9 Å². The minimum Gasteiger partial charge on any atom is -0.487 e. The molecule has 0 unspecified atom stereocenters. The van der Waals surface area contributed by atoms with Crippen LogP contribution in [0.25, 0.3) is 11.1 Å². The number of aliphatic hydroxyl groups is 1. The van der Waals surface area contributed by atoms with Crippen molar-refractivity contribution in [2.45, 2.75) is 43.7 Å². The van der Waals surface area contributed by atoms with Crippen LogP contribution in [0, 0.1) is 11.8 Å². The molecule has 2 aromatic rings. The first-order chi connectivity index (χ1) is 15.7. The first-order valence-electron chi connectivity index (χ1n) is 11.3. The second-order valence-corrected chi connectivity index (χ2v) is 11.0. The summed E-state index contributed by atoms with van der Waals surface area (Å²) in [5.41, 5.74) is 1.63. The minimum absolute atomic E-state index is 0.0588. The molecular formula is C24H31N3O5S. The van der Waals surface area contributed by atoms with Gasteiger partial charge in [-0.2, -0.15) is 4.31 Å². The van der Waals surface area contributed by atoms with E-state index in [0.29, 0.717) is 6.54 Å². The SMILES string of the molecule is C[C@H](CO)N1C[C@H](C)[C@H](CN(C)C(=O)C2CC2)Oc2cc(-c3cccnc3)ccc2S1(=O)=O. The smallest absolute Gasteiger partial charge is 0.247 e. The number of benzene rings is 1. The Balaban J connectivity index is 1.76. The standard InChI is InChI=1S/C24H31N3O5S/c1-16-13-27(17(2)15-28)33(30,31)23-9-8-19(20-5-4-10-25-12-20)11-21(23)32-22(16)14-26(3)24(29)18-6-7-18/h4-5,8-12,16-18,22,28H,6-7,13-15H2,1-3H3/t16-,17+,22-/m0/s1. The number of fused-ring (bicyclic) bond motifs is 1. The number of hydrogen-bond donors (Lipinski definition) is 1. The van der Waals surface area contributed by atoms with Crippen LogP contribution in [-0.2, 0) is 14.8 Å². The number of carbonyl (C=O) groups excluding carboxylic acids is 1. The molecule has 4 rings (SSSR count). The molecule has 178 valence electrons. The summed E-state index contributed by atoms with van der Waals surface area (Å²) in [6.07, 6.45) is 4.81. The highest BCUT2D eigenvalue weighted by molar-refractivity contribution is 7.89. The zero-order valence-corrected chi connectivity index (χ0v) is 20.0. The van der Waals surface area contributed by atoms with Gasteiger partial charge in [-0.15, -0.1) is 0 Å². The van der Waals surface area contributed by atoms with Gasteiger partial charge in [0.1, 0.15) is 16.7 Å². The fraction of sp³-hybridized carbons (Fsp3) is 0.500. The van der Waals surface area contributed by atoms with E-state index in [2.05, 4.69) is 4.98 Å². The number of nitrogens with zero attached hydrogens (tertiary/aromatic N) is 3. The number of amides is 1. The molecule has 2 aliphatic rings. The summed E-state index contributed by atoms with van der Waals surface area (Å²) in [5, 5.41) is 9.76. The summed E-state index contributed by atoms with van der Waals surface area (Å²) in [6.45, 7) is 3.86. The monoisotopic (exact) mass is 473 g/mol. The molecule has 8 nitrogen and oxygen atoms in total. The molecule has 3 atom stereocenters. The van der Waals surface area contributed by atoms with Crippen molar-refractivity contribution in [2.24, 2.45) is 11.8 Å². The first kappa shape index (κ1) is 23.7. The van der Waals surface area contributed by atoms with Crippen molar-refractivity contribution in [3.05, 3.63) is 42.7 Å². The van der Waals surface area contributed by atoms with Crippen LogP contribution in [0.3, 0.4) is 0 Å². The molecule has 1 aromatic heterocycles. The zero-order chi connectivity index (χ0) is 23.8. The summed E-state index contributed by atoms with van der Waals surface area (Å²) < 4.78 is 34.8. The summed E-state index contributed by atoms with van der Waals surface area (Å²) >= 11 is 0. The van der Waals surface area contributed by atoms with Gasteiger partial charge in [0.05, 0.1) is 13.2 Å². The lowest BCUT2D eigenvalue weighted by atomic mass is 10.0. The third-order valence-electron chi connectivity index (χ3n) is 6.42. The van der Waals surface area contributed by atoms with E-state index in [4.69, 9.17) is 4.74 Å². The van der Waals surface area contributed by atoms with E-state index in [1.807, 2.05) is 19.1 Å². The van der Waals surface area contributed by atoms with Gasteiger partial charge in [-0.1, -0.05) is 19.1 Å². The van der Waals surface area contributed by atoms with Crippen LogP contribution in [0.5, 0.6) is 5.75 Å². The van der Waals surface area contributed by atoms with Crippen molar-refractivity contribution in [3.8, 4) is 16.9 Å². The van der Waals surface area contributed by atoms with E-state index < -0.39 is 22.2 Å². The van der Waals surface area contributed by atoms with Crippen LogP contribution >= 0.6 is 0 Å². The second-order valence-electron chi connectivity index (χ2n) is 9.14. The highest BCUT2D eigenvalue weighted by Crippen LogP contribution is 2.37. The van der Waals surface area contributed by atoms with Crippen LogP contribution in [0.1, 0.15) is 26.7 Å². The van der Waals surface area contributed by atoms with Crippen molar-refractivity contribution in [1.82, 2.24) is 14.2 Å². The summed E-state index contributed by atoms with van der Waals surface area (Å²) in [6, 6.07) is 8.14. The van der Waals surface area contributed by atoms with E-state index in [-0.39, 0.29) is 41.5 Å². The van der Waals surface area contributed by atoms with E-state index in [1.165, 1.54) is 4.31 Å². The van der Waals surface area contributed by atoms with Gasteiger partial charge in [-0.3, -0.25) is 9.78 Å². The number of rotatable bonds is 6. The van der Waals surface area contributed by atoms with E-state index in [1.54, 1.807) is 49.5 Å². The number of carbonyl (C=O) groups is 1. The molecule has 1 saturated carbocycles. The Labute approximate surface area is 195 Å². The number of sulfonamides is 1. The molecule has 1 fully saturated rings. The molecule has 0 radical (unpaired) electrons. The van der Waals surface area contributed by atoms with E-state index in [9.17, 15) is 18.3 Å². The molecule has 1 aromatic carbocycles. The van der Waals surface area contributed by atoms with Crippen LogP contribution in [0.2, 0.25) is 0 Å². The average molecular weight is 474 g/mol. The Morgan fingerprint density at radius 3 is 2.70 bits per heavy atom. The number of pyridine rings is 1. The fourth-order valence-corrected chi connectivity index (χ4v) is 5.98. The Kier molecular flexibility index (Phi) is 6.74. The lowest BCUT2D eigenvalue weighted by Gasteiger charge is -2.37. The zero-order valence-electron chi connectivity index (χ0n) is 19.2. The molecule has 1 aliphatic heterocycles. The Morgan fingerprint density at radius 1 is 1.30 bits per heavy atom. The summed E-state index contributed by atoms with van der Waals surface area (Å²) in [7, 11) is -2.13. The topological polar surface area (TPSA) is 100 Å². The van der Waals surface area contributed by atoms with Crippen molar-refractivity contribution in [3.63, 3.8) is 0 Å². The molecular weight excluding hydrogens is 442 g/mol. The van der Waals surface area contributed by atoms with Crippen molar-refractivity contribution in [1.29, 1.82) is 0 Å². The van der Waals surface area contributed by atoms with Crippen molar-refractivity contribution < 1.29 is 23.1 Å². The quantitative estimate of drug-likeness (QED) is 0.692. The Morgan fingerprint density at radius 2 is 2.06 bits per heavy atom. The molecule has 1 aliphatic carbocycles. The van der Waals surface area contributed by atoms with Gasteiger partial charge < -0.3 is 14.7 Å². The molecule has 0 saturated heterocycles. The van der Waals surface area contributed by atoms with Crippen molar-refractivity contribution in [2.75, 3.05) is 26.7 Å². The first-order valence-corrected chi connectivity index (χ1v) is 12.7. The third kappa shape index (κ3) is 4.90. The number of aromatic nitrogens is 1. The molecule has 1 amide bonds. The highest BCUT2D eigenvalue weighted by Gasteiger charge is 2.39. The van der Waals surface area contributed by atoms with Gasteiger partial charge in [-0.05, 0) is 43.5 Å².